The number of hydrogen-bond donors (Lipinski definition) is 0. The van der Waals surface area contributed by atoms with Crippen LogP contribution in [0.3, 0.4) is 0 Å². The summed E-state index contributed by atoms with van der Waals surface area (Å²) in [6, 6.07) is 14.5. The number of amides is 1. The monoisotopic (exact) mass is 338 g/mol. The van der Waals surface area contributed by atoms with Crippen LogP contribution in [0.25, 0.3) is 0 Å². The van der Waals surface area contributed by atoms with Gasteiger partial charge in [-0.3, -0.25) is 9.69 Å². The fourth-order valence-electron chi connectivity index (χ4n) is 4.09. The third-order valence-corrected chi connectivity index (χ3v) is 5.54. The molecule has 132 valence electrons. The molecule has 4 heteroatoms. The number of carbonyl (C=O) groups excluding carboxylic acids is 1. The predicted molar refractivity (Wildman–Crippen MR) is 97.0 cm³/mol. The van der Waals surface area contributed by atoms with Gasteiger partial charge in [0.1, 0.15) is 5.76 Å². The highest BCUT2D eigenvalue weighted by Crippen LogP contribution is 2.48. The number of likely N-dealkylation sites (tertiary alicyclic amines) is 1. The van der Waals surface area contributed by atoms with Crippen molar-refractivity contribution in [2.45, 2.75) is 25.3 Å². The first-order valence-corrected chi connectivity index (χ1v) is 9.25. The van der Waals surface area contributed by atoms with Gasteiger partial charge in [-0.2, -0.15) is 0 Å². The van der Waals surface area contributed by atoms with Crippen LogP contribution in [0.15, 0.2) is 53.1 Å². The lowest BCUT2D eigenvalue weighted by atomic mass is 10.1. The smallest absolute Gasteiger partial charge is 0.226 e. The highest BCUT2D eigenvalue weighted by Gasteiger charge is 2.47. The zero-order chi connectivity index (χ0) is 17.2. The van der Waals surface area contributed by atoms with Crippen LogP contribution in [0.1, 0.15) is 30.1 Å². The largest absolute Gasteiger partial charge is 0.469 e. The van der Waals surface area contributed by atoms with Gasteiger partial charge in [0.15, 0.2) is 0 Å². The molecule has 4 rings (SSSR count). The molecule has 0 radical (unpaired) electrons. The first-order valence-electron chi connectivity index (χ1n) is 9.25. The summed E-state index contributed by atoms with van der Waals surface area (Å²) >= 11 is 0. The average Bonchev–Trinajstić information content (AvgIpc) is 3.02. The molecule has 1 aromatic carbocycles. The Hall–Kier alpha value is -2.07. The topological polar surface area (TPSA) is 36.7 Å². The van der Waals surface area contributed by atoms with Gasteiger partial charge in [-0.25, -0.2) is 0 Å². The molecule has 0 unspecified atom stereocenters. The van der Waals surface area contributed by atoms with Crippen LogP contribution in [0, 0.1) is 11.8 Å². The van der Waals surface area contributed by atoms with E-state index < -0.39 is 0 Å². The highest BCUT2D eigenvalue weighted by molar-refractivity contribution is 5.82. The van der Waals surface area contributed by atoms with Crippen molar-refractivity contribution in [3.63, 3.8) is 0 Å². The summed E-state index contributed by atoms with van der Waals surface area (Å²) < 4.78 is 5.44. The van der Waals surface area contributed by atoms with E-state index in [1.807, 2.05) is 24.1 Å². The molecule has 1 saturated heterocycles. The summed E-state index contributed by atoms with van der Waals surface area (Å²) in [6.45, 7) is 4.09. The molecular formula is C21H26N2O2. The first kappa shape index (κ1) is 16.4. The first-order chi connectivity index (χ1) is 12.2. The molecule has 2 aliphatic rings. The number of benzene rings is 1. The summed E-state index contributed by atoms with van der Waals surface area (Å²) in [4.78, 5) is 17.1. The Balaban J connectivity index is 1.25. The molecule has 2 aromatic rings. The number of rotatable bonds is 6. The van der Waals surface area contributed by atoms with Crippen LogP contribution in [-0.2, 0) is 11.3 Å². The maximum absolute atomic E-state index is 12.6. The maximum Gasteiger partial charge on any atom is 0.226 e. The Bertz CT molecular complexity index is 698. The van der Waals surface area contributed by atoms with Crippen molar-refractivity contribution < 1.29 is 9.21 Å². The Kier molecular flexibility index (Phi) is 4.62. The Morgan fingerprint density at radius 1 is 1.24 bits per heavy atom. The molecule has 3 atom stereocenters. The average molecular weight is 338 g/mol. The van der Waals surface area contributed by atoms with E-state index in [0.717, 1.165) is 38.4 Å². The second kappa shape index (κ2) is 7.04. The lowest BCUT2D eigenvalue weighted by molar-refractivity contribution is -0.131. The number of carbonyl (C=O) groups is 1. The van der Waals surface area contributed by atoms with Crippen molar-refractivity contribution in [2.24, 2.45) is 11.8 Å². The molecule has 2 fully saturated rings. The molecule has 1 amide bonds. The zero-order valence-corrected chi connectivity index (χ0v) is 14.8. The highest BCUT2D eigenvalue weighted by atomic mass is 16.3. The lowest BCUT2D eigenvalue weighted by Crippen LogP contribution is -2.34. The maximum atomic E-state index is 12.6. The van der Waals surface area contributed by atoms with Crippen LogP contribution in [0.5, 0.6) is 0 Å². The Morgan fingerprint density at radius 2 is 2.08 bits per heavy atom. The quantitative estimate of drug-likeness (QED) is 0.810. The summed E-state index contributed by atoms with van der Waals surface area (Å²) in [5.74, 6) is 2.24. The van der Waals surface area contributed by atoms with Gasteiger partial charge >= 0.3 is 0 Å². The van der Waals surface area contributed by atoms with Crippen molar-refractivity contribution in [1.29, 1.82) is 0 Å². The summed E-state index contributed by atoms with van der Waals surface area (Å²) in [7, 11) is 1.96. The van der Waals surface area contributed by atoms with Crippen molar-refractivity contribution in [2.75, 3.05) is 26.7 Å². The Labute approximate surface area is 149 Å². The van der Waals surface area contributed by atoms with Gasteiger partial charge in [0.25, 0.3) is 0 Å². The number of hydrogen-bond acceptors (Lipinski definition) is 3. The number of nitrogens with zero attached hydrogens (tertiary/aromatic N) is 2. The molecule has 1 saturated carbocycles. The minimum absolute atomic E-state index is 0.123. The summed E-state index contributed by atoms with van der Waals surface area (Å²) in [5.41, 5.74) is 1.37. The van der Waals surface area contributed by atoms with E-state index in [2.05, 4.69) is 35.2 Å². The van der Waals surface area contributed by atoms with Crippen LogP contribution in [0.4, 0.5) is 0 Å². The molecule has 0 bridgehead atoms. The van der Waals surface area contributed by atoms with Crippen molar-refractivity contribution in [3.05, 3.63) is 60.1 Å². The second-order valence-electron chi connectivity index (χ2n) is 7.56. The molecule has 0 N–H and O–H groups in total. The molecule has 1 aromatic heterocycles. The standard InChI is InChI=1S/C21H26N2O2/c1-22(21(24)19-12-18(19)20-8-5-11-25-20)13-17-9-10-23(15-17)14-16-6-3-2-4-7-16/h2-8,11,17-19H,9-10,12-15H2,1H3/t17-,18-,19+/m0/s1. The van der Waals surface area contributed by atoms with Crippen molar-refractivity contribution >= 4 is 5.91 Å². The molecule has 2 heterocycles. The molecule has 1 aliphatic carbocycles. The van der Waals surface area contributed by atoms with Gasteiger partial charge in [-0.05, 0) is 43.0 Å². The second-order valence-corrected chi connectivity index (χ2v) is 7.56. The fraction of sp³-hybridized carbons (Fsp3) is 0.476. The molecular weight excluding hydrogens is 312 g/mol. The third kappa shape index (κ3) is 3.79. The minimum atomic E-state index is 0.123. The SMILES string of the molecule is CN(C[C@@H]1CCN(Cc2ccccc2)C1)C(=O)[C@@H]1C[C@@H]1c1ccco1. The van der Waals surface area contributed by atoms with Crippen LogP contribution in [0.2, 0.25) is 0 Å². The summed E-state index contributed by atoms with van der Waals surface area (Å²) in [5, 5.41) is 0. The normalized spacial score (nSPS) is 25.9. The van der Waals surface area contributed by atoms with Crippen molar-refractivity contribution in [3.8, 4) is 0 Å². The van der Waals surface area contributed by atoms with E-state index in [-0.39, 0.29) is 11.8 Å². The molecule has 25 heavy (non-hydrogen) atoms. The van der Waals surface area contributed by atoms with E-state index in [4.69, 9.17) is 4.42 Å². The molecule has 4 nitrogen and oxygen atoms in total. The van der Waals surface area contributed by atoms with E-state index in [9.17, 15) is 4.79 Å². The van der Waals surface area contributed by atoms with Gasteiger partial charge in [0, 0.05) is 38.5 Å². The van der Waals surface area contributed by atoms with E-state index in [0.29, 0.717) is 11.8 Å². The van der Waals surface area contributed by atoms with Gasteiger partial charge in [-0.1, -0.05) is 30.3 Å². The molecule has 1 aliphatic heterocycles. The fourth-order valence-corrected chi connectivity index (χ4v) is 4.09. The lowest BCUT2D eigenvalue weighted by Gasteiger charge is -2.22. The predicted octanol–water partition coefficient (Wildman–Crippen LogP) is 3.36. The minimum Gasteiger partial charge on any atom is -0.469 e. The van der Waals surface area contributed by atoms with E-state index in [1.54, 1.807) is 6.26 Å². The third-order valence-electron chi connectivity index (χ3n) is 5.54. The van der Waals surface area contributed by atoms with Crippen LogP contribution in [-0.4, -0.2) is 42.4 Å². The van der Waals surface area contributed by atoms with E-state index in [1.165, 1.54) is 12.0 Å². The van der Waals surface area contributed by atoms with Gasteiger partial charge in [0.05, 0.1) is 6.26 Å². The van der Waals surface area contributed by atoms with Gasteiger partial charge in [0.2, 0.25) is 5.91 Å². The summed E-state index contributed by atoms with van der Waals surface area (Å²) in [6.07, 6.45) is 3.80. The number of furan rings is 1. The molecule has 0 spiro atoms. The van der Waals surface area contributed by atoms with Crippen LogP contribution < -0.4 is 0 Å². The Morgan fingerprint density at radius 3 is 2.84 bits per heavy atom. The zero-order valence-electron chi connectivity index (χ0n) is 14.8. The van der Waals surface area contributed by atoms with Crippen LogP contribution >= 0.6 is 0 Å². The van der Waals surface area contributed by atoms with Gasteiger partial charge < -0.3 is 9.32 Å². The van der Waals surface area contributed by atoms with E-state index >= 15 is 0 Å². The van der Waals surface area contributed by atoms with Gasteiger partial charge in [-0.15, -0.1) is 0 Å². The van der Waals surface area contributed by atoms with Crippen molar-refractivity contribution in [1.82, 2.24) is 9.80 Å².